The first-order valence-corrected chi connectivity index (χ1v) is 12.6. The summed E-state index contributed by atoms with van der Waals surface area (Å²) in [5, 5.41) is 10.3. The minimum atomic E-state index is -0.570. The predicted octanol–water partition coefficient (Wildman–Crippen LogP) is 4.06. The highest BCUT2D eigenvalue weighted by Crippen LogP contribution is 2.28. The number of aromatic nitrogens is 3. The summed E-state index contributed by atoms with van der Waals surface area (Å²) in [7, 11) is 1.84. The fraction of sp³-hybridized carbons (Fsp3) is 0.241. The number of nitrogens with zero attached hydrogens (tertiary/aromatic N) is 4. The number of aryl methyl sites for hydroxylation is 1. The van der Waals surface area contributed by atoms with E-state index < -0.39 is 6.04 Å². The van der Waals surface area contributed by atoms with Gasteiger partial charge in [0.15, 0.2) is 0 Å². The van der Waals surface area contributed by atoms with Crippen LogP contribution in [0.15, 0.2) is 79.1 Å². The van der Waals surface area contributed by atoms with Crippen molar-refractivity contribution in [2.24, 2.45) is 7.05 Å². The van der Waals surface area contributed by atoms with Crippen molar-refractivity contribution in [2.45, 2.75) is 13.0 Å². The summed E-state index contributed by atoms with van der Waals surface area (Å²) in [6.07, 6.45) is 3.45. The second-order valence-electron chi connectivity index (χ2n) is 9.16. The number of pyridine rings is 1. The zero-order valence-corrected chi connectivity index (χ0v) is 21.4. The van der Waals surface area contributed by atoms with E-state index in [0.717, 1.165) is 22.4 Å². The van der Waals surface area contributed by atoms with E-state index in [1.54, 1.807) is 41.0 Å². The first-order chi connectivity index (χ1) is 18.5. The molecular formula is C29H30N6O3. The molecule has 9 heteroatoms. The van der Waals surface area contributed by atoms with Gasteiger partial charge in [0.05, 0.1) is 24.5 Å². The fourth-order valence-electron chi connectivity index (χ4n) is 4.43. The highest BCUT2D eigenvalue weighted by molar-refractivity contribution is 6.02. The number of rotatable bonds is 7. The Labute approximate surface area is 221 Å². The molecule has 38 heavy (non-hydrogen) atoms. The van der Waals surface area contributed by atoms with Crippen LogP contribution in [-0.4, -0.2) is 63.8 Å². The van der Waals surface area contributed by atoms with Gasteiger partial charge >= 0.3 is 0 Å². The van der Waals surface area contributed by atoms with Gasteiger partial charge in [-0.3, -0.25) is 14.3 Å². The Morgan fingerprint density at radius 2 is 1.76 bits per heavy atom. The summed E-state index contributed by atoms with van der Waals surface area (Å²) in [6.45, 7) is 3.88. The quantitative estimate of drug-likeness (QED) is 0.389. The van der Waals surface area contributed by atoms with Crippen LogP contribution in [0.25, 0.3) is 22.4 Å². The summed E-state index contributed by atoms with van der Waals surface area (Å²) in [6, 6.07) is 20.5. The number of hydrogen-bond acceptors (Lipinski definition) is 6. The van der Waals surface area contributed by atoms with Crippen LogP contribution < -0.4 is 10.6 Å². The number of carbonyl (C=O) groups excluding carboxylic acids is 2. The number of morpholine rings is 1. The van der Waals surface area contributed by atoms with E-state index in [9.17, 15) is 9.59 Å². The van der Waals surface area contributed by atoms with Gasteiger partial charge in [-0.05, 0) is 48.9 Å². The first-order valence-electron chi connectivity index (χ1n) is 12.6. The van der Waals surface area contributed by atoms with Crippen LogP contribution in [0.3, 0.4) is 0 Å². The lowest BCUT2D eigenvalue weighted by molar-refractivity contribution is -0.116. The zero-order chi connectivity index (χ0) is 26.5. The highest BCUT2D eigenvalue weighted by Gasteiger charge is 2.24. The molecule has 4 aromatic rings. The van der Waals surface area contributed by atoms with E-state index in [-0.39, 0.29) is 11.8 Å². The maximum Gasteiger partial charge on any atom is 0.254 e. The van der Waals surface area contributed by atoms with Crippen molar-refractivity contribution in [1.82, 2.24) is 19.7 Å². The molecule has 0 radical (unpaired) electrons. The molecule has 2 aromatic heterocycles. The molecule has 1 aliphatic heterocycles. The van der Waals surface area contributed by atoms with Gasteiger partial charge in [-0.1, -0.05) is 30.3 Å². The standard InChI is InChI=1S/C29H30N6O3/c1-20(28(36)33-27-11-8-22(19-30-27)21-6-4-3-5-7-21)32-23-9-10-24(26-12-13-31-34(26)2)25(18-23)29(37)35-14-16-38-17-15-35/h3-13,18-20,32H,14-17H2,1-2H3,(H,30,33,36). The van der Waals surface area contributed by atoms with Gasteiger partial charge in [-0.25, -0.2) is 4.98 Å². The molecule has 2 N–H and O–H groups in total. The smallest absolute Gasteiger partial charge is 0.254 e. The molecule has 1 saturated heterocycles. The third-order valence-electron chi connectivity index (χ3n) is 6.54. The van der Waals surface area contributed by atoms with Crippen LogP contribution in [0.2, 0.25) is 0 Å². The Balaban J connectivity index is 1.31. The Morgan fingerprint density at radius 1 is 0.974 bits per heavy atom. The largest absolute Gasteiger partial charge is 0.378 e. The molecule has 0 aliphatic carbocycles. The van der Waals surface area contributed by atoms with Crippen LogP contribution in [0.1, 0.15) is 17.3 Å². The number of nitrogens with one attached hydrogen (secondary N) is 2. The molecule has 2 amide bonds. The van der Waals surface area contributed by atoms with Gasteiger partial charge in [-0.2, -0.15) is 5.10 Å². The lowest BCUT2D eigenvalue weighted by Crippen LogP contribution is -2.41. The van der Waals surface area contributed by atoms with Gasteiger partial charge < -0.3 is 20.3 Å². The SMILES string of the molecule is CC(Nc1ccc(-c2ccnn2C)c(C(=O)N2CCOCC2)c1)C(=O)Nc1ccc(-c2ccccc2)cn1. The first kappa shape index (κ1) is 25.2. The maximum atomic E-state index is 13.5. The van der Waals surface area contributed by atoms with Crippen LogP contribution in [0.5, 0.6) is 0 Å². The molecule has 0 bridgehead atoms. The second-order valence-corrected chi connectivity index (χ2v) is 9.16. The molecule has 5 rings (SSSR count). The van der Waals surface area contributed by atoms with Crippen LogP contribution >= 0.6 is 0 Å². The van der Waals surface area contributed by atoms with E-state index in [1.807, 2.05) is 61.6 Å². The Hall–Kier alpha value is -4.50. The monoisotopic (exact) mass is 510 g/mol. The number of ether oxygens (including phenoxy) is 1. The fourth-order valence-corrected chi connectivity index (χ4v) is 4.43. The van der Waals surface area contributed by atoms with E-state index in [2.05, 4.69) is 20.7 Å². The number of carbonyl (C=O) groups is 2. The minimum Gasteiger partial charge on any atom is -0.378 e. The molecular weight excluding hydrogens is 480 g/mol. The lowest BCUT2D eigenvalue weighted by atomic mass is 10.0. The maximum absolute atomic E-state index is 13.5. The highest BCUT2D eigenvalue weighted by atomic mass is 16.5. The van der Waals surface area contributed by atoms with Crippen molar-refractivity contribution in [3.63, 3.8) is 0 Å². The lowest BCUT2D eigenvalue weighted by Gasteiger charge is -2.28. The van der Waals surface area contributed by atoms with Crippen LogP contribution in [-0.2, 0) is 16.6 Å². The molecule has 3 heterocycles. The van der Waals surface area contributed by atoms with E-state index in [4.69, 9.17) is 4.74 Å². The summed E-state index contributed by atoms with van der Waals surface area (Å²) < 4.78 is 7.16. The van der Waals surface area contributed by atoms with E-state index in [0.29, 0.717) is 43.4 Å². The van der Waals surface area contributed by atoms with Gasteiger partial charge in [-0.15, -0.1) is 0 Å². The Kier molecular flexibility index (Phi) is 7.46. The average molecular weight is 511 g/mol. The van der Waals surface area contributed by atoms with Gasteiger partial charge in [0.25, 0.3) is 5.91 Å². The van der Waals surface area contributed by atoms with Crippen molar-refractivity contribution in [3.8, 4) is 22.4 Å². The molecule has 1 unspecified atom stereocenters. The zero-order valence-electron chi connectivity index (χ0n) is 21.4. The molecule has 0 saturated carbocycles. The number of anilines is 2. The summed E-state index contributed by atoms with van der Waals surface area (Å²) in [4.78, 5) is 32.6. The van der Waals surface area contributed by atoms with Crippen molar-refractivity contribution >= 4 is 23.3 Å². The van der Waals surface area contributed by atoms with Crippen molar-refractivity contribution in [2.75, 3.05) is 36.9 Å². The number of benzene rings is 2. The Morgan fingerprint density at radius 3 is 2.45 bits per heavy atom. The Bertz CT molecular complexity index is 1410. The third kappa shape index (κ3) is 5.57. The molecule has 2 aromatic carbocycles. The van der Waals surface area contributed by atoms with Crippen LogP contribution in [0.4, 0.5) is 11.5 Å². The minimum absolute atomic E-state index is 0.0760. The molecule has 1 aliphatic rings. The molecule has 1 atom stereocenters. The van der Waals surface area contributed by atoms with Crippen molar-refractivity contribution in [3.05, 3.63) is 84.7 Å². The normalized spacial score (nSPS) is 14.1. The van der Waals surface area contributed by atoms with Crippen molar-refractivity contribution in [1.29, 1.82) is 0 Å². The van der Waals surface area contributed by atoms with E-state index in [1.165, 1.54) is 0 Å². The molecule has 194 valence electrons. The van der Waals surface area contributed by atoms with E-state index >= 15 is 0 Å². The number of hydrogen-bond donors (Lipinski definition) is 2. The topological polar surface area (TPSA) is 101 Å². The van der Waals surface area contributed by atoms with Gasteiger partial charge in [0.2, 0.25) is 5.91 Å². The summed E-state index contributed by atoms with van der Waals surface area (Å²) in [5.41, 5.74) is 4.87. The summed E-state index contributed by atoms with van der Waals surface area (Å²) in [5.74, 6) is 0.160. The molecule has 9 nitrogen and oxygen atoms in total. The predicted molar refractivity (Wildman–Crippen MR) is 147 cm³/mol. The number of amides is 2. The van der Waals surface area contributed by atoms with Crippen molar-refractivity contribution < 1.29 is 14.3 Å². The second kappa shape index (κ2) is 11.3. The molecule has 1 fully saturated rings. The summed E-state index contributed by atoms with van der Waals surface area (Å²) >= 11 is 0. The van der Waals surface area contributed by atoms with Gasteiger partial charge in [0.1, 0.15) is 11.9 Å². The van der Waals surface area contributed by atoms with Crippen LogP contribution in [0, 0.1) is 0 Å². The van der Waals surface area contributed by atoms with Gasteiger partial charge in [0, 0.05) is 49.3 Å². The third-order valence-corrected chi connectivity index (χ3v) is 6.54. The average Bonchev–Trinajstić information content (AvgIpc) is 3.39. The molecule has 0 spiro atoms.